The molecule has 100 valence electrons. The molecular formula is C15H19N3S. The van der Waals surface area contributed by atoms with Gasteiger partial charge < -0.3 is 5.32 Å². The van der Waals surface area contributed by atoms with E-state index in [-0.39, 0.29) is 0 Å². The van der Waals surface area contributed by atoms with Gasteiger partial charge in [0.25, 0.3) is 0 Å². The van der Waals surface area contributed by atoms with Crippen molar-refractivity contribution in [3.8, 4) is 0 Å². The van der Waals surface area contributed by atoms with Crippen LogP contribution in [-0.4, -0.2) is 16.0 Å². The highest BCUT2D eigenvalue weighted by Gasteiger charge is 2.01. The average Bonchev–Trinajstić information content (AvgIpc) is 2.44. The van der Waals surface area contributed by atoms with E-state index in [0.717, 1.165) is 23.8 Å². The molecule has 1 heterocycles. The number of rotatable bonds is 6. The van der Waals surface area contributed by atoms with Gasteiger partial charge in [-0.15, -0.1) is 11.8 Å². The van der Waals surface area contributed by atoms with Crippen LogP contribution in [0, 0.1) is 0 Å². The summed E-state index contributed by atoms with van der Waals surface area (Å²) < 4.78 is 0. The third kappa shape index (κ3) is 5.01. The van der Waals surface area contributed by atoms with E-state index in [2.05, 4.69) is 41.3 Å². The molecule has 0 saturated heterocycles. The molecule has 19 heavy (non-hydrogen) atoms. The van der Waals surface area contributed by atoms with Gasteiger partial charge >= 0.3 is 0 Å². The van der Waals surface area contributed by atoms with Gasteiger partial charge in [-0.3, -0.25) is 0 Å². The molecule has 0 radical (unpaired) electrons. The average molecular weight is 273 g/mol. The zero-order chi connectivity index (χ0) is 13.5. The van der Waals surface area contributed by atoms with Crippen LogP contribution in [0.5, 0.6) is 0 Å². The van der Waals surface area contributed by atoms with Crippen molar-refractivity contribution in [2.24, 2.45) is 0 Å². The summed E-state index contributed by atoms with van der Waals surface area (Å²) in [6.45, 7) is 5.06. The largest absolute Gasteiger partial charge is 0.309 e. The van der Waals surface area contributed by atoms with Crippen LogP contribution in [0.2, 0.25) is 0 Å². The number of nitrogens with one attached hydrogen (secondary N) is 1. The fourth-order valence-electron chi connectivity index (χ4n) is 1.58. The predicted molar refractivity (Wildman–Crippen MR) is 80.0 cm³/mol. The Labute approximate surface area is 118 Å². The van der Waals surface area contributed by atoms with E-state index >= 15 is 0 Å². The molecule has 0 bridgehead atoms. The van der Waals surface area contributed by atoms with Crippen molar-refractivity contribution in [2.45, 2.75) is 37.1 Å². The minimum atomic E-state index is 0.470. The predicted octanol–water partition coefficient (Wildman–Crippen LogP) is 3.27. The van der Waals surface area contributed by atoms with Crippen molar-refractivity contribution in [1.29, 1.82) is 0 Å². The van der Waals surface area contributed by atoms with Crippen molar-refractivity contribution >= 4 is 11.8 Å². The lowest BCUT2D eigenvalue weighted by Crippen LogP contribution is -2.22. The van der Waals surface area contributed by atoms with Crippen LogP contribution >= 0.6 is 11.8 Å². The van der Waals surface area contributed by atoms with Gasteiger partial charge in [-0.25, -0.2) is 9.97 Å². The molecule has 0 spiro atoms. The first-order chi connectivity index (χ1) is 9.24. The van der Waals surface area contributed by atoms with E-state index < -0.39 is 0 Å². The minimum Gasteiger partial charge on any atom is -0.309 e. The SMILES string of the molecule is CC(C)NCc1ccnc(CSc2ccccc2)n1. The molecule has 2 aromatic rings. The second-order valence-electron chi connectivity index (χ2n) is 4.60. The minimum absolute atomic E-state index is 0.470. The van der Waals surface area contributed by atoms with Crippen LogP contribution < -0.4 is 5.32 Å². The number of benzene rings is 1. The molecule has 2 rings (SSSR count). The Morgan fingerprint density at radius 1 is 1.16 bits per heavy atom. The number of hydrogen-bond acceptors (Lipinski definition) is 4. The standard InChI is InChI=1S/C15H19N3S/c1-12(2)17-10-13-8-9-16-15(18-13)11-19-14-6-4-3-5-7-14/h3-9,12,17H,10-11H2,1-2H3. The molecule has 1 aromatic heterocycles. The fraction of sp³-hybridized carbons (Fsp3) is 0.333. The molecule has 0 saturated carbocycles. The summed E-state index contributed by atoms with van der Waals surface area (Å²) in [5.74, 6) is 1.69. The van der Waals surface area contributed by atoms with Gasteiger partial charge in [0, 0.05) is 23.7 Å². The van der Waals surface area contributed by atoms with E-state index in [0.29, 0.717) is 6.04 Å². The Morgan fingerprint density at radius 2 is 1.95 bits per heavy atom. The molecule has 0 aliphatic carbocycles. The highest BCUT2D eigenvalue weighted by Crippen LogP contribution is 2.20. The van der Waals surface area contributed by atoms with Crippen LogP contribution in [0.4, 0.5) is 0 Å². The van der Waals surface area contributed by atoms with Gasteiger partial charge in [-0.1, -0.05) is 32.0 Å². The molecule has 1 aromatic carbocycles. The van der Waals surface area contributed by atoms with Crippen molar-refractivity contribution in [3.63, 3.8) is 0 Å². The first kappa shape index (κ1) is 14.0. The third-order valence-electron chi connectivity index (χ3n) is 2.57. The molecule has 3 nitrogen and oxygen atoms in total. The summed E-state index contributed by atoms with van der Waals surface area (Å²) in [6.07, 6.45) is 1.84. The summed E-state index contributed by atoms with van der Waals surface area (Å²) in [4.78, 5) is 10.1. The Bertz CT molecular complexity index is 500. The molecule has 0 aliphatic rings. The van der Waals surface area contributed by atoms with Crippen molar-refractivity contribution in [2.75, 3.05) is 0 Å². The summed E-state index contributed by atoms with van der Waals surface area (Å²) in [6, 6.07) is 12.8. The van der Waals surface area contributed by atoms with Crippen molar-refractivity contribution in [3.05, 3.63) is 54.1 Å². The Hall–Kier alpha value is -1.39. The zero-order valence-corrected chi connectivity index (χ0v) is 12.2. The Kier molecular flexibility index (Phi) is 5.36. The molecular weight excluding hydrogens is 254 g/mol. The van der Waals surface area contributed by atoms with Crippen LogP contribution in [-0.2, 0) is 12.3 Å². The Balaban J connectivity index is 1.91. The number of thioether (sulfide) groups is 1. The maximum Gasteiger partial charge on any atom is 0.138 e. The molecule has 1 N–H and O–H groups in total. The van der Waals surface area contributed by atoms with Gasteiger partial charge in [-0.05, 0) is 18.2 Å². The lowest BCUT2D eigenvalue weighted by Gasteiger charge is -2.08. The van der Waals surface area contributed by atoms with Crippen LogP contribution in [0.25, 0.3) is 0 Å². The summed E-state index contributed by atoms with van der Waals surface area (Å²) in [5, 5.41) is 3.37. The van der Waals surface area contributed by atoms with Gasteiger partial charge in [-0.2, -0.15) is 0 Å². The smallest absolute Gasteiger partial charge is 0.138 e. The maximum atomic E-state index is 4.57. The Morgan fingerprint density at radius 3 is 2.68 bits per heavy atom. The second kappa shape index (κ2) is 7.26. The molecule has 0 amide bonds. The lowest BCUT2D eigenvalue weighted by molar-refractivity contribution is 0.579. The van der Waals surface area contributed by atoms with Gasteiger partial charge in [0.05, 0.1) is 11.4 Å². The summed E-state index contributed by atoms with van der Waals surface area (Å²) in [7, 11) is 0. The van der Waals surface area contributed by atoms with E-state index in [1.165, 1.54) is 4.90 Å². The summed E-state index contributed by atoms with van der Waals surface area (Å²) in [5.41, 5.74) is 1.05. The third-order valence-corrected chi connectivity index (χ3v) is 3.57. The fourth-order valence-corrected chi connectivity index (χ4v) is 2.37. The quantitative estimate of drug-likeness (QED) is 0.820. The van der Waals surface area contributed by atoms with E-state index in [4.69, 9.17) is 0 Å². The zero-order valence-electron chi connectivity index (χ0n) is 11.3. The van der Waals surface area contributed by atoms with Crippen LogP contribution in [0.1, 0.15) is 25.4 Å². The van der Waals surface area contributed by atoms with Gasteiger partial charge in [0.15, 0.2) is 0 Å². The first-order valence-electron chi connectivity index (χ1n) is 6.46. The topological polar surface area (TPSA) is 37.8 Å². The summed E-state index contributed by atoms with van der Waals surface area (Å²) >= 11 is 1.76. The van der Waals surface area contributed by atoms with E-state index in [1.807, 2.05) is 30.5 Å². The van der Waals surface area contributed by atoms with E-state index in [1.54, 1.807) is 11.8 Å². The molecule has 0 aliphatic heterocycles. The van der Waals surface area contributed by atoms with Crippen molar-refractivity contribution < 1.29 is 0 Å². The second-order valence-corrected chi connectivity index (χ2v) is 5.65. The normalized spacial score (nSPS) is 10.9. The first-order valence-corrected chi connectivity index (χ1v) is 7.44. The maximum absolute atomic E-state index is 4.57. The number of hydrogen-bond donors (Lipinski definition) is 1. The highest BCUT2D eigenvalue weighted by molar-refractivity contribution is 7.98. The van der Waals surface area contributed by atoms with Crippen LogP contribution in [0.3, 0.4) is 0 Å². The monoisotopic (exact) mass is 273 g/mol. The molecule has 0 atom stereocenters. The van der Waals surface area contributed by atoms with Crippen LogP contribution in [0.15, 0.2) is 47.5 Å². The van der Waals surface area contributed by atoms with Gasteiger partial charge in [0.1, 0.15) is 5.82 Å². The van der Waals surface area contributed by atoms with Crippen molar-refractivity contribution in [1.82, 2.24) is 15.3 Å². The highest BCUT2D eigenvalue weighted by atomic mass is 32.2. The molecule has 0 fully saturated rings. The molecule has 0 unspecified atom stereocenters. The number of aromatic nitrogens is 2. The van der Waals surface area contributed by atoms with E-state index in [9.17, 15) is 0 Å². The lowest BCUT2D eigenvalue weighted by atomic mass is 10.3. The van der Waals surface area contributed by atoms with Gasteiger partial charge in [0.2, 0.25) is 0 Å². The molecule has 4 heteroatoms. The number of nitrogens with zero attached hydrogens (tertiary/aromatic N) is 2.